The van der Waals surface area contributed by atoms with Crippen LogP contribution in [0.1, 0.15) is 12.8 Å². The molecule has 17 heavy (non-hydrogen) atoms. The molecule has 0 unspecified atom stereocenters. The normalized spacial score (nSPS) is 16.5. The fourth-order valence-electron chi connectivity index (χ4n) is 1.02. The van der Waals surface area contributed by atoms with Crippen molar-refractivity contribution < 1.29 is 27.2 Å². The Hall–Kier alpha value is -1.67. The zero-order chi connectivity index (χ0) is 13.1. The van der Waals surface area contributed by atoms with Crippen LogP contribution >= 0.6 is 0 Å². The number of hydrogen-bond acceptors (Lipinski definition) is 3. The van der Waals surface area contributed by atoms with Crippen molar-refractivity contribution in [3.8, 4) is 0 Å². The highest BCUT2D eigenvalue weighted by atomic mass is 19.3. The maximum atomic E-state index is 12.5. The number of hydrazone groups is 1. The largest absolute Gasteiger partial charge is 0.345 e. The molecule has 0 saturated heterocycles. The van der Waals surface area contributed by atoms with Gasteiger partial charge in [0.25, 0.3) is 5.91 Å². The Balaban J connectivity index is 2.48. The second-order valence-electron chi connectivity index (χ2n) is 3.34. The lowest BCUT2D eigenvalue weighted by Gasteiger charge is -2.17. The molecule has 0 saturated carbocycles. The van der Waals surface area contributed by atoms with Gasteiger partial charge in [-0.25, -0.2) is 14.2 Å². The molecule has 0 fully saturated rings. The van der Waals surface area contributed by atoms with Crippen molar-refractivity contribution >= 4 is 17.5 Å². The van der Waals surface area contributed by atoms with Crippen LogP contribution in [-0.2, 0) is 9.59 Å². The molecule has 0 aromatic heterocycles. The van der Waals surface area contributed by atoms with E-state index in [2.05, 4.69) is 5.10 Å². The Kier molecular flexibility index (Phi) is 4.02. The quantitative estimate of drug-likeness (QED) is 0.708. The number of rotatable bonds is 4. The minimum absolute atomic E-state index is 0.00249. The highest BCUT2D eigenvalue weighted by molar-refractivity contribution is 6.39. The summed E-state index contributed by atoms with van der Waals surface area (Å²) < 4.78 is 48.5. The highest BCUT2D eigenvalue weighted by Crippen LogP contribution is 2.21. The van der Waals surface area contributed by atoms with Crippen molar-refractivity contribution in [1.29, 1.82) is 0 Å². The Labute approximate surface area is 93.2 Å². The van der Waals surface area contributed by atoms with E-state index < -0.39 is 30.7 Å². The summed E-state index contributed by atoms with van der Waals surface area (Å²) in [4.78, 5) is 21.9. The first-order chi connectivity index (χ1) is 7.83. The van der Waals surface area contributed by atoms with Crippen LogP contribution in [0.4, 0.5) is 17.6 Å². The zero-order valence-electron chi connectivity index (χ0n) is 8.47. The third kappa shape index (κ3) is 3.68. The molecule has 0 aromatic carbocycles. The summed E-state index contributed by atoms with van der Waals surface area (Å²) in [6, 6.07) is 0. The predicted octanol–water partition coefficient (Wildman–Crippen LogP) is 0.269. The van der Waals surface area contributed by atoms with E-state index in [1.807, 2.05) is 5.43 Å². The van der Waals surface area contributed by atoms with Gasteiger partial charge in [-0.2, -0.15) is 13.9 Å². The monoisotopic (exact) mass is 255 g/mol. The van der Waals surface area contributed by atoms with E-state index in [1.54, 1.807) is 5.32 Å². The van der Waals surface area contributed by atoms with Crippen LogP contribution in [0.25, 0.3) is 0 Å². The average Bonchev–Trinajstić information content (AvgIpc) is 2.27. The van der Waals surface area contributed by atoms with Crippen molar-refractivity contribution in [2.24, 2.45) is 5.10 Å². The van der Waals surface area contributed by atoms with Gasteiger partial charge in [0, 0.05) is 12.8 Å². The second-order valence-corrected chi connectivity index (χ2v) is 3.34. The topological polar surface area (TPSA) is 70.6 Å². The SMILES string of the molecule is O=C1CCC(C(=O)NCC(F)(F)C(F)F)=NN1. The van der Waals surface area contributed by atoms with Crippen molar-refractivity contribution in [2.45, 2.75) is 25.2 Å². The summed E-state index contributed by atoms with van der Waals surface area (Å²) in [5.41, 5.74) is 1.81. The Morgan fingerprint density at radius 3 is 2.59 bits per heavy atom. The first-order valence-electron chi connectivity index (χ1n) is 4.62. The lowest BCUT2D eigenvalue weighted by atomic mass is 10.1. The maximum absolute atomic E-state index is 12.5. The van der Waals surface area contributed by atoms with Gasteiger partial charge < -0.3 is 5.32 Å². The molecule has 0 atom stereocenters. The number of halogens is 4. The van der Waals surface area contributed by atoms with Crippen LogP contribution in [0.3, 0.4) is 0 Å². The minimum Gasteiger partial charge on any atom is -0.345 e. The lowest BCUT2D eigenvalue weighted by Crippen LogP contribution is -2.45. The van der Waals surface area contributed by atoms with Crippen LogP contribution in [0.2, 0.25) is 0 Å². The molecular weight excluding hydrogens is 246 g/mol. The van der Waals surface area contributed by atoms with Gasteiger partial charge in [-0.1, -0.05) is 0 Å². The molecule has 5 nitrogen and oxygen atoms in total. The molecular formula is C8H9F4N3O2. The van der Waals surface area contributed by atoms with Crippen LogP contribution < -0.4 is 10.7 Å². The summed E-state index contributed by atoms with van der Waals surface area (Å²) in [5.74, 6) is -5.68. The van der Waals surface area contributed by atoms with Gasteiger partial charge in [0.05, 0.1) is 6.54 Å². The summed E-state index contributed by atoms with van der Waals surface area (Å²) in [5, 5.41) is 4.97. The van der Waals surface area contributed by atoms with E-state index in [-0.39, 0.29) is 18.6 Å². The molecule has 2 amide bonds. The Morgan fingerprint density at radius 2 is 2.12 bits per heavy atom. The molecule has 1 aliphatic heterocycles. The fourth-order valence-corrected chi connectivity index (χ4v) is 1.02. The molecule has 2 N–H and O–H groups in total. The number of alkyl halides is 4. The molecule has 0 spiro atoms. The van der Waals surface area contributed by atoms with E-state index in [0.717, 1.165) is 0 Å². The molecule has 9 heteroatoms. The van der Waals surface area contributed by atoms with E-state index in [1.165, 1.54) is 0 Å². The number of amides is 2. The van der Waals surface area contributed by atoms with Crippen molar-refractivity contribution in [3.63, 3.8) is 0 Å². The van der Waals surface area contributed by atoms with Crippen molar-refractivity contribution in [2.75, 3.05) is 6.54 Å². The van der Waals surface area contributed by atoms with E-state index in [4.69, 9.17) is 0 Å². The molecule has 0 radical (unpaired) electrons. The van der Waals surface area contributed by atoms with Gasteiger partial charge >= 0.3 is 12.3 Å². The van der Waals surface area contributed by atoms with Crippen LogP contribution in [0.5, 0.6) is 0 Å². The van der Waals surface area contributed by atoms with E-state index >= 15 is 0 Å². The number of carbonyl (C=O) groups is 2. The molecule has 0 bridgehead atoms. The van der Waals surface area contributed by atoms with Gasteiger partial charge in [-0.15, -0.1) is 0 Å². The molecule has 0 aliphatic carbocycles. The molecule has 96 valence electrons. The maximum Gasteiger partial charge on any atom is 0.324 e. The first-order valence-corrected chi connectivity index (χ1v) is 4.62. The van der Waals surface area contributed by atoms with Gasteiger partial charge in [0.2, 0.25) is 5.91 Å². The van der Waals surface area contributed by atoms with Crippen molar-refractivity contribution in [3.05, 3.63) is 0 Å². The minimum atomic E-state index is -4.28. The van der Waals surface area contributed by atoms with Gasteiger partial charge in [-0.05, 0) is 0 Å². The van der Waals surface area contributed by atoms with Gasteiger partial charge in [-0.3, -0.25) is 9.59 Å². The number of carbonyl (C=O) groups excluding carboxylic acids is 2. The van der Waals surface area contributed by atoms with Crippen LogP contribution in [0.15, 0.2) is 5.10 Å². The van der Waals surface area contributed by atoms with Crippen molar-refractivity contribution in [1.82, 2.24) is 10.7 Å². The number of nitrogens with one attached hydrogen (secondary N) is 2. The summed E-state index contributed by atoms with van der Waals surface area (Å²) in [7, 11) is 0. The molecule has 0 aromatic rings. The summed E-state index contributed by atoms with van der Waals surface area (Å²) >= 11 is 0. The third-order valence-corrected chi connectivity index (χ3v) is 1.97. The number of hydrogen-bond donors (Lipinski definition) is 2. The molecule has 1 heterocycles. The van der Waals surface area contributed by atoms with E-state index in [9.17, 15) is 27.2 Å². The first kappa shape index (κ1) is 13.4. The Bertz CT molecular complexity index is 357. The summed E-state index contributed by atoms with van der Waals surface area (Å²) in [6.07, 6.45) is -3.87. The molecule has 1 aliphatic rings. The summed E-state index contributed by atoms with van der Waals surface area (Å²) in [6.45, 7) is -1.48. The van der Waals surface area contributed by atoms with Gasteiger partial charge in [0.15, 0.2) is 0 Å². The smallest absolute Gasteiger partial charge is 0.324 e. The van der Waals surface area contributed by atoms with E-state index in [0.29, 0.717) is 0 Å². The fraction of sp³-hybridized carbons (Fsp3) is 0.625. The Morgan fingerprint density at radius 1 is 1.47 bits per heavy atom. The van der Waals surface area contributed by atoms with Crippen LogP contribution in [0, 0.1) is 0 Å². The average molecular weight is 255 g/mol. The predicted molar refractivity (Wildman–Crippen MR) is 48.8 cm³/mol. The third-order valence-electron chi connectivity index (χ3n) is 1.97. The second kappa shape index (κ2) is 5.11. The lowest BCUT2D eigenvalue weighted by molar-refractivity contribution is -0.133. The number of nitrogens with zero attached hydrogens (tertiary/aromatic N) is 1. The zero-order valence-corrected chi connectivity index (χ0v) is 8.47. The van der Waals surface area contributed by atoms with Gasteiger partial charge in [0.1, 0.15) is 5.71 Å². The highest BCUT2D eigenvalue weighted by Gasteiger charge is 2.41. The molecule has 1 rings (SSSR count). The standard InChI is InChI=1S/C8H9F4N3O2/c9-7(10)8(11,12)3-13-6(17)4-1-2-5(16)15-14-4/h7H,1-3H2,(H,13,17)(H,15,16). The van der Waals surface area contributed by atoms with Crippen LogP contribution in [-0.4, -0.2) is 36.4 Å².